The molecule has 0 spiro atoms. The lowest BCUT2D eigenvalue weighted by molar-refractivity contribution is 0.0958. The Balaban J connectivity index is 0.00000196. The first-order valence-electron chi connectivity index (χ1n) is 4.48. The molecule has 0 unspecified atom stereocenters. The van der Waals surface area contributed by atoms with Crippen LogP contribution < -0.4 is 10.6 Å². The molecule has 0 radical (unpaired) electrons. The third-order valence-corrected chi connectivity index (χ3v) is 3.26. The minimum atomic E-state index is -0.00129. The second-order valence-electron chi connectivity index (χ2n) is 2.71. The van der Waals surface area contributed by atoms with E-state index < -0.39 is 0 Å². The minimum absolute atomic E-state index is 0. The van der Waals surface area contributed by atoms with Crippen LogP contribution in [0.15, 0.2) is 15.9 Å². The molecule has 1 aromatic heterocycles. The summed E-state index contributed by atoms with van der Waals surface area (Å²) in [6, 6.07) is 3.70. The highest BCUT2D eigenvalue weighted by Crippen LogP contribution is 2.21. The van der Waals surface area contributed by atoms with Gasteiger partial charge in [-0.3, -0.25) is 4.79 Å². The van der Waals surface area contributed by atoms with Gasteiger partial charge in [0.2, 0.25) is 0 Å². The van der Waals surface area contributed by atoms with Crippen LogP contribution in [0.5, 0.6) is 0 Å². The lowest BCUT2D eigenvalue weighted by Gasteiger charge is -2.03. The fraction of sp³-hybridized carbons (Fsp3) is 0.444. The molecule has 6 heteroatoms. The first kappa shape index (κ1) is 14.9. The van der Waals surface area contributed by atoms with Crippen molar-refractivity contribution in [1.82, 2.24) is 10.6 Å². The van der Waals surface area contributed by atoms with E-state index in [1.54, 1.807) is 0 Å². The van der Waals surface area contributed by atoms with Crippen molar-refractivity contribution >= 4 is 45.6 Å². The third-order valence-electron chi connectivity index (χ3n) is 1.63. The summed E-state index contributed by atoms with van der Waals surface area (Å²) in [7, 11) is 0. The number of hydrogen-bond donors (Lipinski definition) is 2. The topological polar surface area (TPSA) is 41.1 Å². The number of thiophene rings is 1. The van der Waals surface area contributed by atoms with Crippen LogP contribution in [0, 0.1) is 0 Å². The van der Waals surface area contributed by atoms with Crippen LogP contribution >= 0.6 is 39.7 Å². The second-order valence-corrected chi connectivity index (χ2v) is 5.18. The highest BCUT2D eigenvalue weighted by Gasteiger charge is 2.06. The Labute approximate surface area is 108 Å². The Hall–Kier alpha value is -0.100. The van der Waals surface area contributed by atoms with Gasteiger partial charge in [0.15, 0.2) is 0 Å². The van der Waals surface area contributed by atoms with Gasteiger partial charge in [0.25, 0.3) is 5.91 Å². The molecule has 0 aliphatic carbocycles. The first-order valence-corrected chi connectivity index (χ1v) is 6.09. The largest absolute Gasteiger partial charge is 0.350 e. The number of likely N-dealkylation sites (N-methyl/N-ethyl adjacent to an activating group) is 1. The fourth-order valence-corrected chi connectivity index (χ4v) is 2.27. The van der Waals surface area contributed by atoms with E-state index in [-0.39, 0.29) is 18.3 Å². The quantitative estimate of drug-likeness (QED) is 0.819. The summed E-state index contributed by atoms with van der Waals surface area (Å²) >= 11 is 4.76. The van der Waals surface area contributed by atoms with E-state index in [1.807, 2.05) is 19.1 Å². The van der Waals surface area contributed by atoms with Gasteiger partial charge in [-0.15, -0.1) is 23.7 Å². The van der Waals surface area contributed by atoms with Crippen molar-refractivity contribution in [2.45, 2.75) is 6.92 Å². The Bertz CT molecular complexity index is 306. The Morgan fingerprint density at radius 3 is 2.73 bits per heavy atom. The molecular formula is C9H14BrClN2OS. The van der Waals surface area contributed by atoms with E-state index in [2.05, 4.69) is 26.6 Å². The molecule has 1 aromatic rings. The number of halogens is 2. The van der Waals surface area contributed by atoms with Crippen molar-refractivity contribution in [2.75, 3.05) is 19.6 Å². The molecular weight excluding hydrogens is 300 g/mol. The van der Waals surface area contributed by atoms with E-state index in [4.69, 9.17) is 0 Å². The molecule has 0 aliphatic rings. The zero-order chi connectivity index (χ0) is 10.4. The summed E-state index contributed by atoms with van der Waals surface area (Å²) in [5.74, 6) is -0.00129. The van der Waals surface area contributed by atoms with Crippen LogP contribution in [0.25, 0.3) is 0 Å². The lowest BCUT2D eigenvalue weighted by Crippen LogP contribution is -2.31. The molecule has 86 valence electrons. The predicted molar refractivity (Wildman–Crippen MR) is 70.1 cm³/mol. The molecule has 0 fully saturated rings. The maximum absolute atomic E-state index is 11.5. The summed E-state index contributed by atoms with van der Waals surface area (Å²) in [6.45, 7) is 4.45. The highest BCUT2D eigenvalue weighted by atomic mass is 79.9. The third kappa shape index (κ3) is 5.51. The van der Waals surface area contributed by atoms with Crippen LogP contribution in [-0.2, 0) is 0 Å². The van der Waals surface area contributed by atoms with Gasteiger partial charge < -0.3 is 10.6 Å². The summed E-state index contributed by atoms with van der Waals surface area (Å²) in [4.78, 5) is 12.2. The van der Waals surface area contributed by atoms with Crippen molar-refractivity contribution in [3.63, 3.8) is 0 Å². The summed E-state index contributed by atoms with van der Waals surface area (Å²) in [5.41, 5.74) is 0. The molecule has 0 saturated carbocycles. The van der Waals surface area contributed by atoms with E-state index in [1.165, 1.54) is 11.3 Å². The van der Waals surface area contributed by atoms with Gasteiger partial charge in [0.1, 0.15) is 0 Å². The fourth-order valence-electron chi connectivity index (χ4n) is 0.965. The predicted octanol–water partition coefficient (Wildman–Crippen LogP) is 2.27. The molecule has 15 heavy (non-hydrogen) atoms. The van der Waals surface area contributed by atoms with Gasteiger partial charge in [-0.2, -0.15) is 0 Å². The molecule has 0 atom stereocenters. The maximum Gasteiger partial charge on any atom is 0.261 e. The molecule has 1 rings (SSSR count). The average Bonchev–Trinajstić information content (AvgIpc) is 2.59. The second kappa shape index (κ2) is 8.10. The van der Waals surface area contributed by atoms with Crippen LogP contribution in [0.4, 0.5) is 0 Å². The number of carbonyl (C=O) groups is 1. The van der Waals surface area contributed by atoms with Crippen LogP contribution in [0.1, 0.15) is 16.6 Å². The van der Waals surface area contributed by atoms with Crippen LogP contribution in [-0.4, -0.2) is 25.5 Å². The molecule has 0 aliphatic heterocycles. The number of rotatable bonds is 5. The monoisotopic (exact) mass is 312 g/mol. The number of amides is 1. The van der Waals surface area contributed by atoms with Crippen molar-refractivity contribution in [3.8, 4) is 0 Å². The first-order chi connectivity index (χ1) is 6.74. The normalized spacial score (nSPS) is 9.47. The number of carbonyl (C=O) groups excluding carboxylic acids is 1. The highest BCUT2D eigenvalue weighted by molar-refractivity contribution is 9.11. The zero-order valence-electron chi connectivity index (χ0n) is 8.38. The van der Waals surface area contributed by atoms with Crippen molar-refractivity contribution in [2.24, 2.45) is 0 Å². The van der Waals surface area contributed by atoms with E-state index >= 15 is 0 Å². The number of hydrogen-bond acceptors (Lipinski definition) is 3. The average molecular weight is 314 g/mol. The van der Waals surface area contributed by atoms with Crippen molar-refractivity contribution in [1.29, 1.82) is 0 Å². The molecule has 1 amide bonds. The molecule has 3 nitrogen and oxygen atoms in total. The van der Waals surface area contributed by atoms with Gasteiger partial charge in [0.05, 0.1) is 8.66 Å². The Morgan fingerprint density at radius 1 is 1.47 bits per heavy atom. The molecule has 1 heterocycles. The summed E-state index contributed by atoms with van der Waals surface area (Å²) < 4.78 is 0.981. The van der Waals surface area contributed by atoms with Crippen molar-refractivity contribution < 1.29 is 4.79 Å². The molecule has 0 aromatic carbocycles. The Kier molecular flexibility index (Phi) is 8.04. The summed E-state index contributed by atoms with van der Waals surface area (Å²) in [5, 5.41) is 5.97. The van der Waals surface area contributed by atoms with Gasteiger partial charge in [0, 0.05) is 13.1 Å². The van der Waals surface area contributed by atoms with Gasteiger partial charge >= 0.3 is 0 Å². The molecule has 0 bridgehead atoms. The zero-order valence-corrected chi connectivity index (χ0v) is 11.6. The van der Waals surface area contributed by atoms with Gasteiger partial charge in [-0.25, -0.2) is 0 Å². The molecule has 0 saturated heterocycles. The van der Waals surface area contributed by atoms with E-state index in [0.29, 0.717) is 6.54 Å². The van der Waals surface area contributed by atoms with Crippen molar-refractivity contribution in [3.05, 3.63) is 20.8 Å². The van der Waals surface area contributed by atoms with Crippen LogP contribution in [0.2, 0.25) is 0 Å². The molecule has 2 N–H and O–H groups in total. The Morgan fingerprint density at radius 2 is 2.20 bits per heavy atom. The number of nitrogens with one attached hydrogen (secondary N) is 2. The SMILES string of the molecule is CCNCCNC(=O)c1ccc(Br)s1.Cl. The van der Waals surface area contributed by atoms with Crippen LogP contribution in [0.3, 0.4) is 0 Å². The van der Waals surface area contributed by atoms with Gasteiger partial charge in [-0.1, -0.05) is 6.92 Å². The van der Waals surface area contributed by atoms with E-state index in [9.17, 15) is 4.79 Å². The maximum atomic E-state index is 11.5. The van der Waals surface area contributed by atoms with Gasteiger partial charge in [-0.05, 0) is 34.6 Å². The summed E-state index contributed by atoms with van der Waals surface area (Å²) in [6.07, 6.45) is 0. The van der Waals surface area contributed by atoms with E-state index in [0.717, 1.165) is 21.8 Å². The minimum Gasteiger partial charge on any atom is -0.350 e. The standard InChI is InChI=1S/C9H13BrN2OS.ClH/c1-2-11-5-6-12-9(13)7-3-4-8(10)14-7;/h3-4,11H,2,5-6H2,1H3,(H,12,13);1H. The smallest absolute Gasteiger partial charge is 0.261 e. The lowest BCUT2D eigenvalue weighted by atomic mass is 10.4.